The van der Waals surface area contributed by atoms with E-state index in [4.69, 9.17) is 5.11 Å². The molecule has 1 rings (SSSR count). The Labute approximate surface area is 90.3 Å². The highest BCUT2D eigenvalue weighted by Crippen LogP contribution is 2.40. The zero-order chi connectivity index (χ0) is 11.8. The summed E-state index contributed by atoms with van der Waals surface area (Å²) in [6, 6.07) is 0. The maximum absolute atomic E-state index is 11.8. The van der Waals surface area contributed by atoms with E-state index in [0.717, 1.165) is 0 Å². The molecule has 4 nitrogen and oxygen atoms in total. The van der Waals surface area contributed by atoms with Gasteiger partial charge >= 0.3 is 5.97 Å². The van der Waals surface area contributed by atoms with Gasteiger partial charge in [0.25, 0.3) is 0 Å². The van der Waals surface area contributed by atoms with E-state index >= 15 is 0 Å². The minimum Gasteiger partial charge on any atom is -0.481 e. The molecule has 0 unspecified atom stereocenters. The number of carboxylic acid groups (broad SMARTS) is 1. The Kier molecular flexibility index (Phi) is 3.07. The van der Waals surface area contributed by atoms with E-state index in [1.807, 2.05) is 0 Å². The zero-order valence-corrected chi connectivity index (χ0v) is 9.78. The summed E-state index contributed by atoms with van der Waals surface area (Å²) in [4.78, 5) is 24.0. The van der Waals surface area contributed by atoms with Gasteiger partial charge in [-0.25, -0.2) is 0 Å². The second-order valence-electron chi connectivity index (χ2n) is 5.54. The van der Waals surface area contributed by atoms with Crippen molar-refractivity contribution in [3.05, 3.63) is 0 Å². The molecule has 4 heteroatoms. The molecule has 1 saturated carbocycles. The Morgan fingerprint density at radius 2 is 1.87 bits per heavy atom. The molecule has 2 atom stereocenters. The first-order valence-corrected chi connectivity index (χ1v) is 5.20. The molecule has 0 aliphatic heterocycles. The van der Waals surface area contributed by atoms with Crippen LogP contribution in [0, 0.1) is 17.3 Å². The standard InChI is InChI=1S/C11H19NO3/c1-11(2,3)6-12(4)9(13)7-5-8(7)10(14)15/h7-8H,5-6H2,1-4H3,(H,14,15)/t7-,8+/m1/s1. The number of rotatable bonds is 3. The Morgan fingerprint density at radius 1 is 1.33 bits per heavy atom. The first kappa shape index (κ1) is 12.0. The lowest BCUT2D eigenvalue weighted by Crippen LogP contribution is -2.36. The summed E-state index contributed by atoms with van der Waals surface area (Å²) < 4.78 is 0. The molecule has 0 aromatic heterocycles. The number of carboxylic acids is 1. The molecule has 0 heterocycles. The molecule has 0 aromatic carbocycles. The SMILES string of the molecule is CN(CC(C)(C)C)C(=O)[C@@H]1C[C@@H]1C(=O)O. The fraction of sp³-hybridized carbons (Fsp3) is 0.818. The molecule has 86 valence electrons. The number of hydrogen-bond donors (Lipinski definition) is 1. The van der Waals surface area contributed by atoms with Crippen LogP contribution in [-0.4, -0.2) is 35.5 Å². The molecule has 1 aliphatic rings. The molecule has 0 radical (unpaired) electrons. The Balaban J connectivity index is 2.46. The lowest BCUT2D eigenvalue weighted by atomic mass is 9.96. The molecular weight excluding hydrogens is 194 g/mol. The van der Waals surface area contributed by atoms with E-state index in [0.29, 0.717) is 13.0 Å². The molecule has 1 fully saturated rings. The predicted octanol–water partition coefficient (Wildman–Crippen LogP) is 1.21. The van der Waals surface area contributed by atoms with E-state index in [1.54, 1.807) is 11.9 Å². The third-order valence-corrected chi connectivity index (χ3v) is 2.51. The van der Waals surface area contributed by atoms with Crippen LogP contribution in [0.1, 0.15) is 27.2 Å². The number of carbonyl (C=O) groups is 2. The van der Waals surface area contributed by atoms with Gasteiger partial charge in [-0.3, -0.25) is 9.59 Å². The number of hydrogen-bond acceptors (Lipinski definition) is 2. The van der Waals surface area contributed by atoms with E-state index < -0.39 is 11.9 Å². The van der Waals surface area contributed by atoms with Crippen LogP contribution in [0.25, 0.3) is 0 Å². The number of carbonyl (C=O) groups excluding carboxylic acids is 1. The molecule has 15 heavy (non-hydrogen) atoms. The van der Waals surface area contributed by atoms with Crippen molar-refractivity contribution in [3.63, 3.8) is 0 Å². The van der Waals surface area contributed by atoms with E-state index in [9.17, 15) is 9.59 Å². The van der Waals surface area contributed by atoms with Crippen LogP contribution in [-0.2, 0) is 9.59 Å². The molecule has 0 saturated heterocycles. The van der Waals surface area contributed by atoms with Gasteiger partial charge in [0.2, 0.25) is 5.91 Å². The van der Waals surface area contributed by atoms with Crippen molar-refractivity contribution in [2.75, 3.05) is 13.6 Å². The second kappa shape index (κ2) is 3.83. The minimum absolute atomic E-state index is 0.0303. The average Bonchev–Trinajstić information content (AvgIpc) is 2.77. The first-order valence-electron chi connectivity index (χ1n) is 5.20. The Bertz CT molecular complexity index is 280. The van der Waals surface area contributed by atoms with Crippen LogP contribution in [0.2, 0.25) is 0 Å². The quantitative estimate of drug-likeness (QED) is 0.766. The monoisotopic (exact) mass is 213 g/mol. The van der Waals surface area contributed by atoms with Crippen molar-refractivity contribution >= 4 is 11.9 Å². The summed E-state index contributed by atoms with van der Waals surface area (Å²) in [5, 5.41) is 8.72. The number of aliphatic carboxylic acids is 1. The fourth-order valence-electron chi connectivity index (χ4n) is 1.81. The van der Waals surface area contributed by atoms with Crippen molar-refractivity contribution in [1.29, 1.82) is 0 Å². The van der Waals surface area contributed by atoms with Crippen LogP contribution in [0.15, 0.2) is 0 Å². The smallest absolute Gasteiger partial charge is 0.307 e. The van der Waals surface area contributed by atoms with Gasteiger partial charge in [-0.1, -0.05) is 20.8 Å². The zero-order valence-electron chi connectivity index (χ0n) is 9.78. The Hall–Kier alpha value is -1.06. The fourth-order valence-corrected chi connectivity index (χ4v) is 1.81. The van der Waals surface area contributed by atoms with Gasteiger partial charge in [-0.15, -0.1) is 0 Å². The van der Waals surface area contributed by atoms with Crippen LogP contribution < -0.4 is 0 Å². The summed E-state index contributed by atoms with van der Waals surface area (Å²) in [6.07, 6.45) is 0.503. The van der Waals surface area contributed by atoms with Gasteiger partial charge in [-0.2, -0.15) is 0 Å². The lowest BCUT2D eigenvalue weighted by Gasteiger charge is -2.26. The summed E-state index contributed by atoms with van der Waals surface area (Å²) in [5.41, 5.74) is 0.0536. The van der Waals surface area contributed by atoms with Gasteiger partial charge in [0.15, 0.2) is 0 Å². The van der Waals surface area contributed by atoms with E-state index in [1.165, 1.54) is 0 Å². The minimum atomic E-state index is -0.850. The van der Waals surface area contributed by atoms with E-state index in [2.05, 4.69) is 20.8 Å². The highest BCUT2D eigenvalue weighted by Gasteiger charge is 2.49. The van der Waals surface area contributed by atoms with Crippen molar-refractivity contribution < 1.29 is 14.7 Å². The average molecular weight is 213 g/mol. The van der Waals surface area contributed by atoms with Gasteiger partial charge in [0, 0.05) is 13.6 Å². The highest BCUT2D eigenvalue weighted by molar-refractivity contribution is 5.89. The highest BCUT2D eigenvalue weighted by atomic mass is 16.4. The lowest BCUT2D eigenvalue weighted by molar-refractivity contribution is -0.141. The van der Waals surface area contributed by atoms with Crippen LogP contribution in [0.5, 0.6) is 0 Å². The van der Waals surface area contributed by atoms with Crippen molar-refractivity contribution in [2.45, 2.75) is 27.2 Å². The maximum Gasteiger partial charge on any atom is 0.307 e. The van der Waals surface area contributed by atoms with Crippen molar-refractivity contribution in [3.8, 4) is 0 Å². The van der Waals surface area contributed by atoms with Crippen LogP contribution >= 0.6 is 0 Å². The van der Waals surface area contributed by atoms with Crippen LogP contribution in [0.3, 0.4) is 0 Å². The summed E-state index contributed by atoms with van der Waals surface area (Å²) >= 11 is 0. The third kappa shape index (κ3) is 3.22. The number of nitrogens with zero attached hydrogens (tertiary/aromatic N) is 1. The predicted molar refractivity (Wildman–Crippen MR) is 56.3 cm³/mol. The van der Waals surface area contributed by atoms with Gasteiger partial charge < -0.3 is 10.0 Å². The Morgan fingerprint density at radius 3 is 2.20 bits per heavy atom. The molecule has 1 N–H and O–H groups in total. The molecule has 1 aliphatic carbocycles. The summed E-state index contributed by atoms with van der Waals surface area (Å²) in [5.74, 6) is -1.61. The van der Waals surface area contributed by atoms with E-state index in [-0.39, 0.29) is 17.2 Å². The molecule has 0 bridgehead atoms. The van der Waals surface area contributed by atoms with Gasteiger partial charge in [0.1, 0.15) is 0 Å². The summed E-state index contributed by atoms with van der Waals surface area (Å²) in [7, 11) is 1.74. The third-order valence-electron chi connectivity index (χ3n) is 2.51. The van der Waals surface area contributed by atoms with Gasteiger partial charge in [0.05, 0.1) is 11.8 Å². The van der Waals surface area contributed by atoms with Crippen LogP contribution in [0.4, 0.5) is 0 Å². The maximum atomic E-state index is 11.8. The molecule has 0 aromatic rings. The number of amides is 1. The summed E-state index contributed by atoms with van der Waals surface area (Å²) in [6.45, 7) is 6.82. The van der Waals surface area contributed by atoms with Gasteiger partial charge in [-0.05, 0) is 11.8 Å². The van der Waals surface area contributed by atoms with Crippen molar-refractivity contribution in [2.24, 2.45) is 17.3 Å². The largest absolute Gasteiger partial charge is 0.481 e. The molecular formula is C11H19NO3. The topological polar surface area (TPSA) is 57.6 Å². The molecule has 1 amide bonds. The molecule has 0 spiro atoms. The first-order chi connectivity index (χ1) is 6.72. The van der Waals surface area contributed by atoms with Crippen molar-refractivity contribution in [1.82, 2.24) is 4.90 Å². The second-order valence-corrected chi connectivity index (χ2v) is 5.54. The normalized spacial score (nSPS) is 24.8.